The number of aromatic nitrogens is 2. The molecule has 1 fully saturated rings. The van der Waals surface area contributed by atoms with Crippen molar-refractivity contribution in [2.75, 3.05) is 16.6 Å². The van der Waals surface area contributed by atoms with Gasteiger partial charge in [0.05, 0.1) is 44.5 Å². The van der Waals surface area contributed by atoms with Crippen LogP contribution in [0.25, 0.3) is 43.6 Å². The summed E-state index contributed by atoms with van der Waals surface area (Å²) in [6.45, 7) is 1.73. The Balaban J connectivity index is 1.30. The maximum Gasteiger partial charge on any atom is 0.343 e. The minimum atomic E-state index is -3.99. The van der Waals surface area contributed by atoms with Gasteiger partial charge in [0.15, 0.2) is 5.72 Å². The summed E-state index contributed by atoms with van der Waals surface area (Å²) in [5.74, 6) is -1.26. The van der Waals surface area contributed by atoms with E-state index in [-0.39, 0.29) is 40.0 Å². The summed E-state index contributed by atoms with van der Waals surface area (Å²) >= 11 is 0. The number of esters is 1. The monoisotopic (exact) mass is 777 g/mol. The van der Waals surface area contributed by atoms with E-state index in [0.717, 1.165) is 0 Å². The second-order valence-electron chi connectivity index (χ2n) is 14.1. The van der Waals surface area contributed by atoms with Crippen molar-refractivity contribution >= 4 is 86.9 Å². The number of anilines is 2. The molecule has 4 N–H and O–H groups in total. The zero-order valence-corrected chi connectivity index (χ0v) is 30.8. The van der Waals surface area contributed by atoms with Crippen LogP contribution in [0, 0.1) is 0 Å². The molecule has 2 aromatic heterocycles. The van der Waals surface area contributed by atoms with Gasteiger partial charge in [-0.05, 0) is 73.2 Å². The third-order valence-corrected chi connectivity index (χ3v) is 13.9. The number of nitrogens with zero attached hydrogens (tertiary/aromatic N) is 2. The standard InChI is InChI=1S/C39H31N5O9S2/c1-38-39(47,37(46)52-2)19-30(53-38)43-28-15-13-21(41-54(48,49)23-9-5-3-6-10-23)17-25(28)32-33-27(20-40-36(33)45)31-26-18-22(14-16-29(26)44(38)35(31)34(32)43)42-55(50,51)24-11-7-4-8-12-24/h3-18,30,41-42,47H,19-20H2,1-2H3,(H,40,45). The van der Waals surface area contributed by atoms with Gasteiger partial charge in [-0.25, -0.2) is 21.6 Å². The maximum absolute atomic E-state index is 13.9. The molecule has 16 heteroatoms. The fourth-order valence-electron chi connectivity index (χ4n) is 8.75. The van der Waals surface area contributed by atoms with E-state index in [1.807, 2.05) is 4.57 Å². The van der Waals surface area contributed by atoms with Crippen LogP contribution in [-0.2, 0) is 46.6 Å². The summed E-state index contributed by atoms with van der Waals surface area (Å²) in [5, 5.41) is 17.6. The van der Waals surface area contributed by atoms with E-state index in [4.69, 9.17) is 9.47 Å². The number of rotatable bonds is 7. The number of carbonyl (C=O) groups is 2. The van der Waals surface area contributed by atoms with Crippen molar-refractivity contribution in [3.8, 4) is 0 Å². The first-order valence-electron chi connectivity index (χ1n) is 17.3. The van der Waals surface area contributed by atoms with Gasteiger partial charge in [0.1, 0.15) is 6.23 Å². The lowest BCUT2D eigenvalue weighted by atomic mass is 9.88. The van der Waals surface area contributed by atoms with Gasteiger partial charge in [-0.15, -0.1) is 0 Å². The van der Waals surface area contributed by atoms with Crippen molar-refractivity contribution in [2.24, 2.45) is 0 Å². The van der Waals surface area contributed by atoms with E-state index in [0.29, 0.717) is 54.7 Å². The Labute approximate surface area is 313 Å². The van der Waals surface area contributed by atoms with Crippen molar-refractivity contribution in [3.63, 3.8) is 0 Å². The SMILES string of the molecule is COC(=O)C1(O)CC2OC1(C)n1c3ccc(NS(=O)(=O)c4ccccc4)cc3c3c4c(c5c6cc(NS(=O)(=O)c7ccccc7)ccc6n2c5c31)C(=O)NC4. The Bertz CT molecular complexity index is 3090. The third kappa shape index (κ3) is 4.41. The van der Waals surface area contributed by atoms with E-state index < -0.39 is 43.6 Å². The minimum Gasteiger partial charge on any atom is -0.467 e. The molecule has 0 spiro atoms. The topological polar surface area (TPSA) is 187 Å². The quantitative estimate of drug-likeness (QED) is 0.157. The van der Waals surface area contributed by atoms with Crippen molar-refractivity contribution in [1.29, 1.82) is 0 Å². The predicted molar refractivity (Wildman–Crippen MR) is 203 cm³/mol. The highest BCUT2D eigenvalue weighted by molar-refractivity contribution is 7.93. The first kappa shape index (κ1) is 33.6. The number of methoxy groups -OCH3 is 1. The molecular weight excluding hydrogens is 747 g/mol. The van der Waals surface area contributed by atoms with Crippen LogP contribution in [-0.4, -0.2) is 55.7 Å². The number of aliphatic hydroxyl groups is 1. The lowest BCUT2D eigenvalue weighted by Crippen LogP contribution is -2.56. The summed E-state index contributed by atoms with van der Waals surface area (Å²) < 4.78 is 74.6. The van der Waals surface area contributed by atoms with Gasteiger partial charge in [0, 0.05) is 45.9 Å². The van der Waals surface area contributed by atoms with Gasteiger partial charge in [0.25, 0.3) is 26.0 Å². The van der Waals surface area contributed by atoms with Gasteiger partial charge in [-0.3, -0.25) is 14.2 Å². The summed E-state index contributed by atoms with van der Waals surface area (Å²) in [6.07, 6.45) is -1.17. The Morgan fingerprint density at radius 2 is 1.40 bits per heavy atom. The number of hydrogen-bond donors (Lipinski definition) is 4. The van der Waals surface area contributed by atoms with E-state index in [1.54, 1.807) is 84.3 Å². The number of nitrogens with one attached hydrogen (secondary N) is 3. The molecule has 3 unspecified atom stereocenters. The molecule has 5 heterocycles. The van der Waals surface area contributed by atoms with Crippen LogP contribution < -0.4 is 14.8 Å². The number of sulfonamides is 2. The highest BCUT2D eigenvalue weighted by atomic mass is 32.2. The molecule has 1 saturated heterocycles. The summed E-state index contributed by atoms with van der Waals surface area (Å²) in [6, 6.07) is 25.8. The lowest BCUT2D eigenvalue weighted by molar-refractivity contribution is -0.202. The first-order valence-corrected chi connectivity index (χ1v) is 20.3. The second-order valence-corrected chi connectivity index (χ2v) is 17.5. The summed E-state index contributed by atoms with van der Waals surface area (Å²) in [7, 11) is -6.79. The molecule has 5 aromatic carbocycles. The van der Waals surface area contributed by atoms with Gasteiger partial charge in [0.2, 0.25) is 5.60 Å². The van der Waals surface area contributed by atoms with E-state index in [1.165, 1.54) is 31.4 Å². The molecule has 2 bridgehead atoms. The van der Waals surface area contributed by atoms with Gasteiger partial charge in [-0.1, -0.05) is 36.4 Å². The average molecular weight is 778 g/mol. The minimum absolute atomic E-state index is 0.0697. The zero-order chi connectivity index (χ0) is 38.2. The molecule has 0 radical (unpaired) electrons. The van der Waals surface area contributed by atoms with Gasteiger partial charge in [-0.2, -0.15) is 0 Å². The highest BCUT2D eigenvalue weighted by Gasteiger charge is 2.66. The molecular formula is C39H31N5O9S2. The Morgan fingerprint density at radius 1 is 0.836 bits per heavy atom. The van der Waals surface area contributed by atoms with Crippen LogP contribution in [0.2, 0.25) is 0 Å². The molecule has 3 atom stereocenters. The van der Waals surface area contributed by atoms with Crippen molar-refractivity contribution in [3.05, 3.63) is 108 Å². The van der Waals surface area contributed by atoms with Crippen LogP contribution in [0.15, 0.2) is 107 Å². The number of hydrogen-bond acceptors (Lipinski definition) is 9. The molecule has 14 nitrogen and oxygen atoms in total. The smallest absolute Gasteiger partial charge is 0.343 e. The van der Waals surface area contributed by atoms with Crippen LogP contribution in [0.1, 0.15) is 35.5 Å². The van der Waals surface area contributed by atoms with E-state index in [2.05, 4.69) is 14.8 Å². The molecule has 55 heavy (non-hydrogen) atoms. The van der Waals surface area contributed by atoms with Crippen LogP contribution in [0.3, 0.4) is 0 Å². The van der Waals surface area contributed by atoms with Crippen molar-refractivity contribution < 1.29 is 41.0 Å². The predicted octanol–water partition coefficient (Wildman–Crippen LogP) is 5.26. The first-order chi connectivity index (χ1) is 26.3. The number of ether oxygens (including phenoxy) is 2. The fourth-order valence-corrected chi connectivity index (χ4v) is 10.9. The largest absolute Gasteiger partial charge is 0.467 e. The molecule has 10 rings (SSSR count). The number of benzene rings is 5. The molecule has 0 aliphatic carbocycles. The average Bonchev–Trinajstić information content (AvgIpc) is 3.87. The third-order valence-electron chi connectivity index (χ3n) is 11.2. The van der Waals surface area contributed by atoms with E-state index >= 15 is 0 Å². The molecule has 3 aliphatic heterocycles. The lowest BCUT2D eigenvalue weighted by Gasteiger charge is -2.37. The van der Waals surface area contributed by atoms with Crippen molar-refractivity contribution in [2.45, 2.75) is 47.2 Å². The van der Waals surface area contributed by atoms with Crippen molar-refractivity contribution in [1.82, 2.24) is 14.5 Å². The fraction of sp³-hybridized carbons (Fsp3) is 0.179. The zero-order valence-electron chi connectivity index (χ0n) is 29.2. The Hall–Kier alpha value is -5.94. The second kappa shape index (κ2) is 11.1. The Morgan fingerprint density at radius 3 is 1.98 bits per heavy atom. The highest BCUT2D eigenvalue weighted by Crippen LogP contribution is 2.58. The van der Waals surface area contributed by atoms with Crippen LogP contribution in [0.5, 0.6) is 0 Å². The number of fused-ring (bicyclic) bond motifs is 13. The molecule has 0 saturated carbocycles. The van der Waals surface area contributed by atoms with Crippen LogP contribution >= 0.6 is 0 Å². The number of carbonyl (C=O) groups excluding carboxylic acids is 2. The Kier molecular flexibility index (Phi) is 6.77. The maximum atomic E-state index is 13.9. The van der Waals surface area contributed by atoms with Gasteiger partial charge >= 0.3 is 5.97 Å². The summed E-state index contributed by atoms with van der Waals surface area (Å²) in [4.78, 5) is 27.7. The van der Waals surface area contributed by atoms with Crippen LogP contribution in [0.4, 0.5) is 11.4 Å². The normalized spacial score (nSPS) is 21.7. The molecule has 278 valence electrons. The summed E-state index contributed by atoms with van der Waals surface area (Å²) in [5.41, 5.74) is -0.360. The molecule has 7 aromatic rings. The number of amides is 1. The van der Waals surface area contributed by atoms with Gasteiger partial charge < -0.3 is 29.0 Å². The molecule has 1 amide bonds. The molecule has 3 aliphatic rings. The van der Waals surface area contributed by atoms with E-state index in [9.17, 15) is 31.5 Å².